The van der Waals surface area contributed by atoms with Crippen LogP contribution in [0.3, 0.4) is 0 Å². The molecule has 2 aromatic carbocycles. The molecule has 0 saturated carbocycles. The van der Waals surface area contributed by atoms with Crippen LogP contribution in [0.1, 0.15) is 18.1 Å². The van der Waals surface area contributed by atoms with E-state index in [1.54, 1.807) is 24.3 Å². The Morgan fingerprint density at radius 2 is 1.32 bits per heavy atom. The smallest absolute Gasteiger partial charge is 0.326 e. The largest absolute Gasteiger partial charge is 0.480 e. The zero-order chi connectivity index (χ0) is 22.8. The second kappa shape index (κ2) is 11.5. The SMILES string of the molecule is CC(=O)N(C)CC(=O)N[C@H](Cc1ccccc1)C(=O)N[C@H](Cc1ccccc1)C(=O)O. The van der Waals surface area contributed by atoms with Crippen LogP contribution in [0.5, 0.6) is 0 Å². The number of nitrogens with one attached hydrogen (secondary N) is 2. The number of carboxylic acid groups (broad SMARTS) is 1. The third-order valence-corrected chi connectivity index (χ3v) is 4.75. The standard InChI is InChI=1S/C23H27N3O5/c1-16(27)26(2)15-21(28)24-19(13-17-9-5-3-6-10-17)22(29)25-20(23(30)31)14-18-11-7-4-8-12-18/h3-12,19-20H,13-15H2,1-2H3,(H,24,28)(H,25,29)(H,30,31)/t19-,20-/m1/s1. The summed E-state index contributed by atoms with van der Waals surface area (Å²) >= 11 is 0. The quantitative estimate of drug-likeness (QED) is 0.525. The van der Waals surface area contributed by atoms with E-state index >= 15 is 0 Å². The molecule has 8 heteroatoms. The molecule has 0 unspecified atom stereocenters. The average molecular weight is 425 g/mol. The predicted octanol–water partition coefficient (Wildman–Crippen LogP) is 1.00. The lowest BCUT2D eigenvalue weighted by Gasteiger charge is -2.23. The first-order valence-electron chi connectivity index (χ1n) is 9.88. The van der Waals surface area contributed by atoms with Crippen LogP contribution < -0.4 is 10.6 Å². The monoisotopic (exact) mass is 425 g/mol. The summed E-state index contributed by atoms with van der Waals surface area (Å²) in [5, 5.41) is 14.7. The summed E-state index contributed by atoms with van der Waals surface area (Å²) in [6, 6.07) is 15.9. The summed E-state index contributed by atoms with van der Waals surface area (Å²) < 4.78 is 0. The molecule has 0 bridgehead atoms. The molecule has 31 heavy (non-hydrogen) atoms. The molecule has 3 N–H and O–H groups in total. The second-order valence-electron chi connectivity index (χ2n) is 7.27. The molecule has 164 valence electrons. The predicted molar refractivity (Wildman–Crippen MR) is 115 cm³/mol. The number of rotatable bonds is 10. The van der Waals surface area contributed by atoms with E-state index in [0.29, 0.717) is 0 Å². The van der Waals surface area contributed by atoms with Crippen LogP contribution in [0, 0.1) is 0 Å². The van der Waals surface area contributed by atoms with Crippen molar-refractivity contribution in [3.63, 3.8) is 0 Å². The Kier molecular flexibility index (Phi) is 8.75. The van der Waals surface area contributed by atoms with Gasteiger partial charge in [0.15, 0.2) is 0 Å². The van der Waals surface area contributed by atoms with Crippen molar-refractivity contribution < 1.29 is 24.3 Å². The molecule has 0 spiro atoms. The number of carboxylic acids is 1. The fourth-order valence-corrected chi connectivity index (χ4v) is 2.95. The molecule has 0 aromatic heterocycles. The number of benzene rings is 2. The summed E-state index contributed by atoms with van der Waals surface area (Å²) in [4.78, 5) is 49.6. The van der Waals surface area contributed by atoms with Crippen LogP contribution >= 0.6 is 0 Å². The van der Waals surface area contributed by atoms with E-state index in [2.05, 4.69) is 10.6 Å². The van der Waals surface area contributed by atoms with Crippen LogP contribution in [-0.2, 0) is 32.0 Å². The number of hydrogen-bond acceptors (Lipinski definition) is 4. The topological polar surface area (TPSA) is 116 Å². The van der Waals surface area contributed by atoms with Gasteiger partial charge in [-0.3, -0.25) is 14.4 Å². The van der Waals surface area contributed by atoms with Crippen molar-refractivity contribution in [3.8, 4) is 0 Å². The molecule has 3 amide bonds. The van der Waals surface area contributed by atoms with Crippen molar-refractivity contribution in [1.29, 1.82) is 0 Å². The Balaban J connectivity index is 2.14. The van der Waals surface area contributed by atoms with Crippen molar-refractivity contribution in [2.24, 2.45) is 0 Å². The van der Waals surface area contributed by atoms with Crippen molar-refractivity contribution in [3.05, 3.63) is 71.8 Å². The molecule has 8 nitrogen and oxygen atoms in total. The molecule has 2 atom stereocenters. The van der Waals surface area contributed by atoms with E-state index in [0.717, 1.165) is 11.1 Å². The number of likely N-dealkylation sites (N-methyl/N-ethyl adjacent to an activating group) is 1. The normalized spacial score (nSPS) is 12.3. The number of hydrogen-bond donors (Lipinski definition) is 3. The Morgan fingerprint density at radius 1 is 0.839 bits per heavy atom. The van der Waals surface area contributed by atoms with Crippen LogP contribution in [0.4, 0.5) is 0 Å². The minimum atomic E-state index is -1.17. The molecular formula is C23H27N3O5. The van der Waals surface area contributed by atoms with Gasteiger partial charge in [0.25, 0.3) is 0 Å². The molecule has 0 aliphatic carbocycles. The number of amides is 3. The molecule has 2 rings (SSSR count). The van der Waals surface area contributed by atoms with Gasteiger partial charge in [-0.1, -0.05) is 60.7 Å². The minimum Gasteiger partial charge on any atom is -0.480 e. The number of carbonyl (C=O) groups is 4. The minimum absolute atomic E-state index is 0.112. The highest BCUT2D eigenvalue weighted by atomic mass is 16.4. The van der Waals surface area contributed by atoms with E-state index in [1.165, 1.54) is 18.9 Å². The number of nitrogens with zero attached hydrogens (tertiary/aromatic N) is 1. The van der Waals surface area contributed by atoms with Crippen LogP contribution in [0.2, 0.25) is 0 Å². The van der Waals surface area contributed by atoms with Gasteiger partial charge in [0.2, 0.25) is 17.7 Å². The zero-order valence-electron chi connectivity index (χ0n) is 17.6. The molecule has 0 fully saturated rings. The lowest BCUT2D eigenvalue weighted by Crippen LogP contribution is -2.54. The molecule has 0 saturated heterocycles. The first kappa shape index (κ1) is 23.6. The van der Waals surface area contributed by atoms with Gasteiger partial charge >= 0.3 is 5.97 Å². The van der Waals surface area contributed by atoms with Crippen molar-refractivity contribution >= 4 is 23.7 Å². The molecule has 0 aliphatic heterocycles. The number of aliphatic carboxylic acids is 1. The maximum absolute atomic E-state index is 12.9. The summed E-state index contributed by atoms with van der Waals surface area (Å²) in [5.41, 5.74) is 1.57. The highest BCUT2D eigenvalue weighted by Crippen LogP contribution is 2.07. The third kappa shape index (κ3) is 7.93. The highest BCUT2D eigenvalue weighted by molar-refractivity contribution is 5.92. The first-order valence-corrected chi connectivity index (χ1v) is 9.88. The van der Waals surface area contributed by atoms with Crippen LogP contribution in [0.25, 0.3) is 0 Å². The van der Waals surface area contributed by atoms with Crippen molar-refractivity contribution in [2.45, 2.75) is 31.8 Å². The van der Waals surface area contributed by atoms with Gasteiger partial charge in [-0.25, -0.2) is 4.79 Å². The van der Waals surface area contributed by atoms with E-state index in [9.17, 15) is 24.3 Å². The molecule has 0 radical (unpaired) electrons. The molecule has 0 aliphatic rings. The molecular weight excluding hydrogens is 398 g/mol. The maximum atomic E-state index is 12.9. The van der Waals surface area contributed by atoms with Crippen LogP contribution in [0.15, 0.2) is 60.7 Å². The Morgan fingerprint density at radius 3 is 1.77 bits per heavy atom. The van der Waals surface area contributed by atoms with Gasteiger partial charge in [-0.05, 0) is 11.1 Å². The number of carbonyl (C=O) groups excluding carboxylic acids is 3. The average Bonchev–Trinajstić information content (AvgIpc) is 2.74. The van der Waals surface area contributed by atoms with Crippen molar-refractivity contribution in [1.82, 2.24) is 15.5 Å². The van der Waals surface area contributed by atoms with Gasteiger partial charge in [-0.2, -0.15) is 0 Å². The van der Waals surface area contributed by atoms with Gasteiger partial charge in [0.05, 0.1) is 6.54 Å². The fourth-order valence-electron chi connectivity index (χ4n) is 2.95. The van der Waals surface area contributed by atoms with Crippen molar-refractivity contribution in [2.75, 3.05) is 13.6 Å². The van der Waals surface area contributed by atoms with E-state index < -0.39 is 29.9 Å². The Bertz CT molecular complexity index is 902. The highest BCUT2D eigenvalue weighted by Gasteiger charge is 2.27. The fraction of sp³-hybridized carbons (Fsp3) is 0.304. The Hall–Kier alpha value is -3.68. The summed E-state index contributed by atoms with van der Waals surface area (Å²) in [7, 11) is 1.48. The summed E-state index contributed by atoms with van der Waals surface area (Å²) in [6.45, 7) is 1.13. The third-order valence-electron chi connectivity index (χ3n) is 4.75. The second-order valence-corrected chi connectivity index (χ2v) is 7.27. The van der Waals surface area contributed by atoms with E-state index in [4.69, 9.17) is 0 Å². The lowest BCUT2D eigenvalue weighted by molar-refractivity contribution is -0.142. The van der Waals surface area contributed by atoms with Gasteiger partial charge in [0, 0.05) is 26.8 Å². The summed E-state index contributed by atoms with van der Waals surface area (Å²) in [6.07, 6.45) is 0.293. The van der Waals surface area contributed by atoms with Gasteiger partial charge in [0.1, 0.15) is 12.1 Å². The molecule has 0 heterocycles. The zero-order valence-corrected chi connectivity index (χ0v) is 17.6. The summed E-state index contributed by atoms with van der Waals surface area (Å²) in [5.74, 6) is -2.57. The van der Waals surface area contributed by atoms with Gasteiger partial charge in [-0.15, -0.1) is 0 Å². The van der Waals surface area contributed by atoms with E-state index in [-0.39, 0.29) is 25.3 Å². The Labute approximate surface area is 181 Å². The molecule has 2 aromatic rings. The first-order chi connectivity index (χ1) is 14.8. The van der Waals surface area contributed by atoms with Gasteiger partial charge < -0.3 is 20.6 Å². The van der Waals surface area contributed by atoms with Crippen LogP contribution in [-0.4, -0.2) is 59.4 Å². The van der Waals surface area contributed by atoms with E-state index in [1.807, 2.05) is 36.4 Å². The maximum Gasteiger partial charge on any atom is 0.326 e. The lowest BCUT2D eigenvalue weighted by atomic mass is 10.0.